The fourth-order valence-corrected chi connectivity index (χ4v) is 0.413. The van der Waals surface area contributed by atoms with E-state index in [0.29, 0.717) is 6.61 Å². The molecule has 0 aromatic rings. The van der Waals surface area contributed by atoms with Gasteiger partial charge in [0.2, 0.25) is 0 Å². The predicted molar refractivity (Wildman–Crippen MR) is 67.5 cm³/mol. The topological polar surface area (TPSA) is 69.9 Å². The molecule has 0 bridgehead atoms. The van der Waals surface area contributed by atoms with Crippen LogP contribution in [0.3, 0.4) is 0 Å². The minimum Gasteiger partial charge on any atom is -0.394 e. The van der Waals surface area contributed by atoms with E-state index in [9.17, 15) is 0 Å². The van der Waals surface area contributed by atoms with Crippen molar-refractivity contribution in [3.8, 4) is 0 Å². The number of unbranched alkanes of at least 4 members (excludes halogenated alkanes) is 1. The van der Waals surface area contributed by atoms with Gasteiger partial charge >= 0.3 is 0 Å². The average Bonchev–Trinajstić information content (AvgIpc) is 2.11. The molecule has 102 valence electrons. The van der Waals surface area contributed by atoms with Gasteiger partial charge in [-0.2, -0.15) is 0 Å². The van der Waals surface area contributed by atoms with Gasteiger partial charge in [0.1, 0.15) is 0 Å². The maximum absolute atomic E-state index is 8.24. The molecule has 0 aromatic carbocycles. The lowest BCUT2D eigenvalue weighted by atomic mass is 10.4. The lowest BCUT2D eigenvalue weighted by Gasteiger charge is -1.97. The van der Waals surface area contributed by atoms with Crippen molar-refractivity contribution in [1.29, 1.82) is 0 Å². The average molecular weight is 238 g/mol. The van der Waals surface area contributed by atoms with Crippen LogP contribution in [0.4, 0.5) is 0 Å². The number of rotatable bonds is 5. The Morgan fingerprint density at radius 1 is 0.938 bits per heavy atom. The molecule has 0 saturated carbocycles. The van der Waals surface area contributed by atoms with Crippen LogP contribution < -0.4 is 0 Å². The summed E-state index contributed by atoms with van der Waals surface area (Å²) in [7, 11) is 0. The van der Waals surface area contributed by atoms with E-state index in [1.165, 1.54) is 0 Å². The zero-order valence-electron chi connectivity index (χ0n) is 11.4. The van der Waals surface area contributed by atoms with E-state index in [4.69, 9.17) is 20.1 Å². The van der Waals surface area contributed by atoms with Crippen LogP contribution in [0.1, 0.15) is 47.5 Å². The van der Waals surface area contributed by atoms with Crippen molar-refractivity contribution in [3.05, 3.63) is 0 Å². The predicted octanol–water partition coefficient (Wildman–Crippen LogP) is 1.57. The van der Waals surface area contributed by atoms with Gasteiger partial charge in [0, 0.05) is 18.8 Å². The van der Waals surface area contributed by atoms with Crippen LogP contribution in [0.15, 0.2) is 0 Å². The maximum Gasteiger partial charge on any atom is 0.0697 e. The van der Waals surface area contributed by atoms with Crippen molar-refractivity contribution in [3.63, 3.8) is 0 Å². The van der Waals surface area contributed by atoms with Crippen LogP contribution in [-0.4, -0.2) is 47.3 Å². The molecule has 0 aromatic heterocycles. The second kappa shape index (κ2) is 20.3. The second-order valence-corrected chi connectivity index (χ2v) is 3.88. The third-order valence-corrected chi connectivity index (χ3v) is 0.878. The van der Waals surface area contributed by atoms with Crippen LogP contribution in [-0.2, 0) is 4.74 Å². The number of hydrogen-bond donors (Lipinski definition) is 3. The van der Waals surface area contributed by atoms with Gasteiger partial charge in [-0.3, -0.25) is 0 Å². The summed E-state index contributed by atoms with van der Waals surface area (Å²) in [5.41, 5.74) is 0. The first kappa shape index (κ1) is 21.2. The fraction of sp³-hybridized carbons (Fsp3) is 1.00. The normalized spacial score (nSPS) is 9.38. The van der Waals surface area contributed by atoms with Gasteiger partial charge in [0.15, 0.2) is 0 Å². The third kappa shape index (κ3) is 97.4. The van der Waals surface area contributed by atoms with E-state index in [2.05, 4.69) is 6.92 Å². The minimum atomic E-state index is -0.167. The quantitative estimate of drug-likeness (QED) is 0.636. The molecular formula is C12H30O4. The van der Waals surface area contributed by atoms with Crippen molar-refractivity contribution in [2.45, 2.75) is 59.7 Å². The van der Waals surface area contributed by atoms with E-state index in [1.807, 2.05) is 0 Å². The van der Waals surface area contributed by atoms with Crippen molar-refractivity contribution in [1.82, 2.24) is 0 Å². The molecule has 4 heteroatoms. The fourth-order valence-electron chi connectivity index (χ4n) is 0.413. The molecule has 0 rings (SSSR count). The van der Waals surface area contributed by atoms with Crippen molar-refractivity contribution in [2.75, 3.05) is 19.8 Å². The summed E-state index contributed by atoms with van der Waals surface area (Å²) in [5.74, 6) is 0. The largest absolute Gasteiger partial charge is 0.394 e. The standard InChI is InChI=1S/C6H14O2.2C3H8O/c1-2-3-5-8-6-4-7;2*1-3(2)4/h7H,2-6H2,1H3;2*3-4H,1-2H3. The highest BCUT2D eigenvalue weighted by molar-refractivity contribution is 4.30. The molecule has 16 heavy (non-hydrogen) atoms. The van der Waals surface area contributed by atoms with E-state index in [-0.39, 0.29) is 18.8 Å². The molecular weight excluding hydrogens is 208 g/mol. The zero-order valence-corrected chi connectivity index (χ0v) is 11.4. The Morgan fingerprint density at radius 3 is 1.56 bits per heavy atom. The summed E-state index contributed by atoms with van der Waals surface area (Å²) < 4.78 is 4.97. The van der Waals surface area contributed by atoms with Gasteiger partial charge in [-0.1, -0.05) is 13.3 Å². The monoisotopic (exact) mass is 238 g/mol. The van der Waals surface area contributed by atoms with Crippen molar-refractivity contribution in [2.24, 2.45) is 0 Å². The third-order valence-electron chi connectivity index (χ3n) is 0.878. The summed E-state index contributed by atoms with van der Waals surface area (Å²) in [6.07, 6.45) is 1.92. The van der Waals surface area contributed by atoms with Gasteiger partial charge in [0.25, 0.3) is 0 Å². The maximum atomic E-state index is 8.24. The van der Waals surface area contributed by atoms with Crippen LogP contribution >= 0.6 is 0 Å². The van der Waals surface area contributed by atoms with E-state index in [1.54, 1.807) is 27.7 Å². The number of aliphatic hydroxyl groups is 3. The summed E-state index contributed by atoms with van der Waals surface area (Å²) in [5, 5.41) is 24.4. The molecule has 0 aliphatic rings. The molecule has 0 unspecified atom stereocenters. The summed E-state index contributed by atoms with van der Waals surface area (Å²) in [6, 6.07) is 0. The summed E-state index contributed by atoms with van der Waals surface area (Å²) >= 11 is 0. The smallest absolute Gasteiger partial charge is 0.0697 e. The van der Waals surface area contributed by atoms with E-state index < -0.39 is 0 Å². The molecule has 4 nitrogen and oxygen atoms in total. The van der Waals surface area contributed by atoms with Gasteiger partial charge in [0.05, 0.1) is 13.2 Å². The number of aliphatic hydroxyl groups excluding tert-OH is 3. The highest BCUT2D eigenvalue weighted by atomic mass is 16.5. The molecule has 0 aliphatic carbocycles. The lowest BCUT2D eigenvalue weighted by molar-refractivity contribution is 0.0904. The Kier molecular flexibility index (Phi) is 26.8. The molecule has 0 fully saturated rings. The Hall–Kier alpha value is -0.160. The first-order chi connectivity index (χ1) is 7.38. The van der Waals surface area contributed by atoms with Crippen LogP contribution in [0.5, 0.6) is 0 Å². The zero-order chi connectivity index (χ0) is 13.4. The molecule has 0 heterocycles. The van der Waals surface area contributed by atoms with Crippen LogP contribution in [0.2, 0.25) is 0 Å². The minimum absolute atomic E-state index is 0.143. The van der Waals surface area contributed by atoms with Crippen LogP contribution in [0, 0.1) is 0 Å². The van der Waals surface area contributed by atoms with Gasteiger partial charge in [-0.15, -0.1) is 0 Å². The van der Waals surface area contributed by atoms with Gasteiger partial charge in [-0.05, 0) is 34.1 Å². The first-order valence-electron chi connectivity index (χ1n) is 5.93. The molecule has 0 spiro atoms. The molecule has 0 amide bonds. The van der Waals surface area contributed by atoms with Gasteiger partial charge < -0.3 is 20.1 Å². The highest BCUT2D eigenvalue weighted by Gasteiger charge is 1.82. The van der Waals surface area contributed by atoms with Crippen molar-refractivity contribution >= 4 is 0 Å². The van der Waals surface area contributed by atoms with Crippen molar-refractivity contribution < 1.29 is 20.1 Å². The summed E-state index contributed by atoms with van der Waals surface area (Å²) in [4.78, 5) is 0. The van der Waals surface area contributed by atoms with Gasteiger partial charge in [-0.25, -0.2) is 0 Å². The Labute approximate surface area is 100 Å². The Balaban J connectivity index is -0.000000179. The Morgan fingerprint density at radius 2 is 1.31 bits per heavy atom. The second-order valence-electron chi connectivity index (χ2n) is 3.88. The molecule has 0 atom stereocenters. The lowest BCUT2D eigenvalue weighted by Crippen LogP contribution is -1.99. The SMILES string of the molecule is CC(C)O.CC(C)O.CCCCOCCO. The van der Waals surface area contributed by atoms with E-state index >= 15 is 0 Å². The van der Waals surface area contributed by atoms with E-state index in [0.717, 1.165) is 19.4 Å². The molecule has 0 aliphatic heterocycles. The summed E-state index contributed by atoms with van der Waals surface area (Å²) in [6.45, 7) is 10.4. The first-order valence-corrected chi connectivity index (χ1v) is 5.93. The highest BCUT2D eigenvalue weighted by Crippen LogP contribution is 1.85. The molecule has 0 saturated heterocycles. The molecule has 3 N–H and O–H groups in total. The number of hydrogen-bond acceptors (Lipinski definition) is 4. The number of ether oxygens (including phenoxy) is 1. The molecule has 0 radical (unpaired) electrons. The Bertz CT molecular complexity index is 77.5. The van der Waals surface area contributed by atoms with Crippen LogP contribution in [0.25, 0.3) is 0 Å².